The number of hydrogen-bond acceptors (Lipinski definition) is 12. The van der Waals surface area contributed by atoms with Gasteiger partial charge in [0.2, 0.25) is 0 Å². The van der Waals surface area contributed by atoms with Gasteiger partial charge < -0.3 is 33.7 Å². The number of aliphatic imine (C=N–C) groups is 1. The molecule has 1 N–H and O–H groups in total. The number of benzene rings is 1. The van der Waals surface area contributed by atoms with Gasteiger partial charge in [-0.3, -0.25) is 14.6 Å². The molecule has 54 heavy (non-hydrogen) atoms. The normalized spacial score (nSPS) is 39.8. The van der Waals surface area contributed by atoms with E-state index in [4.69, 9.17) is 28.7 Å². The Balaban J connectivity index is 1.57. The molecule has 1 amide bonds. The van der Waals surface area contributed by atoms with Crippen molar-refractivity contribution in [3.8, 4) is 0 Å². The zero-order chi connectivity index (χ0) is 39.7. The van der Waals surface area contributed by atoms with Crippen molar-refractivity contribution in [1.82, 2.24) is 14.9 Å². The first kappa shape index (κ1) is 42.2. The highest BCUT2D eigenvalue weighted by Crippen LogP contribution is 2.45. The molecule has 3 fully saturated rings. The second-order valence-electron chi connectivity index (χ2n) is 16.7. The van der Waals surface area contributed by atoms with Crippen LogP contribution in [0.2, 0.25) is 0 Å². The van der Waals surface area contributed by atoms with E-state index in [0.29, 0.717) is 25.8 Å². The molecule has 1 aromatic carbocycles. The van der Waals surface area contributed by atoms with E-state index in [2.05, 4.69) is 26.0 Å². The van der Waals surface area contributed by atoms with Gasteiger partial charge in [0.25, 0.3) is 0 Å². The number of esters is 1. The van der Waals surface area contributed by atoms with Crippen molar-refractivity contribution in [2.24, 2.45) is 28.7 Å². The van der Waals surface area contributed by atoms with Crippen LogP contribution < -0.4 is 0 Å². The lowest BCUT2D eigenvalue weighted by atomic mass is 9.73. The van der Waals surface area contributed by atoms with Crippen LogP contribution in [0.3, 0.4) is 0 Å². The second kappa shape index (κ2) is 17.1. The predicted molar refractivity (Wildman–Crippen MR) is 203 cm³/mol. The molecule has 3 saturated heterocycles. The van der Waals surface area contributed by atoms with Crippen molar-refractivity contribution in [2.75, 3.05) is 34.4 Å². The first-order chi connectivity index (χ1) is 25.5. The molecule has 0 aliphatic carbocycles. The standard InChI is InChI=1S/C41H64N4O9/c1-12-31-41(8)35-26(4)32(42-23-44(45(35)39(49)54-41)20-16-19-29-17-14-13-15-18-29)24(2)22-40(7,50-11)36(27(5)33(46)28(6)37(48)52-31)53-38-34(47)30(43(9)10)21-25(3)51-38/h13-15,17-18,24-28,30-31,34-36,38,47H,12,16,19-23H2,1-11H3/t24-,25-,26-,27+,28?,30+,31+,34-,35-,36-,38+,40+,41-/m1/s1. The summed E-state index contributed by atoms with van der Waals surface area (Å²) in [6.45, 7) is 15.8. The minimum absolute atomic E-state index is 0.210. The molecule has 1 unspecified atom stereocenters. The molecule has 13 nitrogen and oxygen atoms in total. The Morgan fingerprint density at radius 2 is 1.72 bits per heavy atom. The molecule has 1 aromatic rings. The van der Waals surface area contributed by atoms with E-state index >= 15 is 0 Å². The lowest BCUT2D eigenvalue weighted by Gasteiger charge is -2.47. The van der Waals surface area contributed by atoms with Crippen molar-refractivity contribution >= 4 is 23.6 Å². The highest BCUT2D eigenvalue weighted by molar-refractivity contribution is 6.00. The van der Waals surface area contributed by atoms with Gasteiger partial charge in [-0.25, -0.2) is 9.80 Å². The number of aliphatic hydroxyl groups excluding tert-OH is 1. The average Bonchev–Trinajstić information content (AvgIpc) is 3.31. The van der Waals surface area contributed by atoms with Crippen LogP contribution in [0.5, 0.6) is 0 Å². The summed E-state index contributed by atoms with van der Waals surface area (Å²) in [7, 11) is 5.40. The molecule has 4 heterocycles. The third kappa shape index (κ3) is 8.27. The van der Waals surface area contributed by atoms with E-state index in [-0.39, 0.29) is 30.7 Å². The number of aryl methyl sites for hydroxylation is 1. The Labute approximate surface area is 321 Å². The maximum atomic E-state index is 14.3. The monoisotopic (exact) mass is 756 g/mol. The highest BCUT2D eigenvalue weighted by atomic mass is 16.7. The van der Waals surface area contributed by atoms with Crippen molar-refractivity contribution in [1.29, 1.82) is 0 Å². The van der Waals surface area contributed by atoms with E-state index in [1.165, 1.54) is 5.56 Å². The Morgan fingerprint density at radius 1 is 1.04 bits per heavy atom. The summed E-state index contributed by atoms with van der Waals surface area (Å²) in [6, 6.07) is 9.43. The Kier molecular flexibility index (Phi) is 13.3. The Bertz CT molecular complexity index is 1510. The first-order valence-electron chi connectivity index (χ1n) is 19.8. The number of nitrogens with zero attached hydrogens (tertiary/aromatic N) is 4. The molecule has 0 spiro atoms. The lowest BCUT2D eigenvalue weighted by molar-refractivity contribution is -0.295. The zero-order valence-corrected chi connectivity index (χ0v) is 34.2. The number of carbonyl (C=O) groups excluding carboxylic acids is 3. The van der Waals surface area contributed by atoms with Gasteiger partial charge >= 0.3 is 12.1 Å². The van der Waals surface area contributed by atoms with Gasteiger partial charge in [0.05, 0.1) is 17.8 Å². The van der Waals surface area contributed by atoms with Gasteiger partial charge in [-0.2, -0.15) is 5.01 Å². The quantitative estimate of drug-likeness (QED) is 0.273. The molecule has 13 heteroatoms. The van der Waals surface area contributed by atoms with E-state index in [1.54, 1.807) is 26.0 Å². The summed E-state index contributed by atoms with van der Waals surface area (Å²) in [4.78, 5) is 49.5. The highest BCUT2D eigenvalue weighted by Gasteiger charge is 2.62. The number of carbonyl (C=O) groups is 3. The summed E-state index contributed by atoms with van der Waals surface area (Å²) in [5.74, 6) is -3.65. The number of hydrazine groups is 1. The lowest BCUT2D eigenvalue weighted by Crippen LogP contribution is -2.61. The third-order valence-electron chi connectivity index (χ3n) is 12.5. The number of Topliss-reactive ketones (excluding diaryl/α,β-unsaturated/α-hetero) is 1. The van der Waals surface area contributed by atoms with E-state index in [0.717, 1.165) is 18.6 Å². The molecular weight excluding hydrogens is 692 g/mol. The van der Waals surface area contributed by atoms with Crippen LogP contribution in [0.25, 0.3) is 0 Å². The number of rotatable bonds is 9. The number of cyclic esters (lactones) is 1. The molecule has 302 valence electrons. The fourth-order valence-corrected chi connectivity index (χ4v) is 9.46. The molecule has 13 atom stereocenters. The molecule has 0 radical (unpaired) electrons. The van der Waals surface area contributed by atoms with E-state index < -0.39 is 71.5 Å². The van der Waals surface area contributed by atoms with Crippen LogP contribution >= 0.6 is 0 Å². The van der Waals surface area contributed by atoms with Crippen molar-refractivity contribution in [3.63, 3.8) is 0 Å². The average molecular weight is 757 g/mol. The van der Waals surface area contributed by atoms with Crippen molar-refractivity contribution < 1.29 is 43.2 Å². The first-order valence-corrected chi connectivity index (χ1v) is 19.8. The largest absolute Gasteiger partial charge is 0.458 e. The number of amides is 1. The van der Waals surface area contributed by atoms with Crippen LogP contribution in [0.15, 0.2) is 35.3 Å². The maximum absolute atomic E-state index is 14.3. The van der Waals surface area contributed by atoms with Gasteiger partial charge in [-0.15, -0.1) is 0 Å². The fourth-order valence-electron chi connectivity index (χ4n) is 9.46. The van der Waals surface area contributed by atoms with Crippen LogP contribution in [0.4, 0.5) is 4.79 Å². The number of hydrogen-bond donors (Lipinski definition) is 1. The summed E-state index contributed by atoms with van der Waals surface area (Å²) >= 11 is 0. The summed E-state index contributed by atoms with van der Waals surface area (Å²) in [5, 5.41) is 15.2. The number of fused-ring (bicyclic) bond motifs is 1. The molecule has 0 saturated carbocycles. The molecule has 4 aliphatic rings. The number of likely N-dealkylation sites (N-methyl/N-ethyl adjacent to an activating group) is 1. The van der Waals surface area contributed by atoms with Gasteiger partial charge in [-0.05, 0) is 85.4 Å². The molecule has 2 bridgehead atoms. The van der Waals surface area contributed by atoms with Gasteiger partial charge in [-0.1, -0.05) is 58.0 Å². The molecule has 0 aromatic heterocycles. The van der Waals surface area contributed by atoms with Crippen LogP contribution in [-0.4, -0.2) is 132 Å². The van der Waals surface area contributed by atoms with Gasteiger partial charge in [0.15, 0.2) is 17.7 Å². The Morgan fingerprint density at radius 3 is 2.35 bits per heavy atom. The van der Waals surface area contributed by atoms with Crippen LogP contribution in [-0.2, 0) is 39.7 Å². The zero-order valence-electron chi connectivity index (χ0n) is 34.2. The fraction of sp³-hybridized carbons (Fsp3) is 0.756. The second-order valence-corrected chi connectivity index (χ2v) is 16.7. The molecule has 5 rings (SSSR count). The number of aliphatic hydroxyl groups is 1. The summed E-state index contributed by atoms with van der Waals surface area (Å²) < 4.78 is 31.8. The molecule has 4 aliphatic heterocycles. The van der Waals surface area contributed by atoms with E-state index in [9.17, 15) is 19.5 Å². The SMILES string of the molecule is CC[C@@H]1OC(=O)C(C)C(=O)[C@H](C)[C@@H](O[C@@H]2O[C@H](C)C[C@H](N(C)C)[C@H]2O)[C@@](C)(OC)C[C@@H](C)C2=NCN(CCCc3ccccc3)N3C(=O)O[C@@]1(C)[C@H]3[C@@H]2C. The van der Waals surface area contributed by atoms with Gasteiger partial charge in [0.1, 0.15) is 30.8 Å². The minimum atomic E-state index is -1.24. The third-order valence-corrected chi connectivity index (χ3v) is 12.5. The van der Waals surface area contributed by atoms with Crippen LogP contribution in [0, 0.1) is 23.7 Å². The van der Waals surface area contributed by atoms with Crippen molar-refractivity contribution in [2.45, 2.75) is 141 Å². The minimum Gasteiger partial charge on any atom is -0.458 e. The van der Waals surface area contributed by atoms with Crippen LogP contribution in [0.1, 0.15) is 86.6 Å². The van der Waals surface area contributed by atoms with Crippen molar-refractivity contribution in [3.05, 3.63) is 35.9 Å². The summed E-state index contributed by atoms with van der Waals surface area (Å²) in [5.41, 5.74) is -0.283. The number of ether oxygens (including phenoxy) is 5. The van der Waals surface area contributed by atoms with E-state index in [1.807, 2.05) is 69.9 Å². The molecular formula is C41H64N4O9. The topological polar surface area (TPSA) is 140 Å². The summed E-state index contributed by atoms with van der Waals surface area (Å²) in [6.07, 6.45) is -1.60. The number of methoxy groups -OCH3 is 1. The maximum Gasteiger partial charge on any atom is 0.425 e. The van der Waals surface area contributed by atoms with Gasteiger partial charge in [0, 0.05) is 37.2 Å². The predicted octanol–water partition coefficient (Wildman–Crippen LogP) is 4.88. The smallest absolute Gasteiger partial charge is 0.425 e. The number of ketones is 1. The Hall–Kier alpha value is -2.94.